The van der Waals surface area contributed by atoms with E-state index < -0.39 is 0 Å². The van der Waals surface area contributed by atoms with Crippen LogP contribution in [0.3, 0.4) is 0 Å². The van der Waals surface area contributed by atoms with E-state index in [2.05, 4.69) is 11.8 Å². The molecule has 1 saturated heterocycles. The third-order valence-electron chi connectivity index (χ3n) is 6.49. The molecule has 0 spiro atoms. The topological polar surface area (TPSA) is 0 Å². The molecule has 4 aliphatic rings. The van der Waals surface area contributed by atoms with Crippen LogP contribution >= 0.6 is 11.8 Å². The van der Waals surface area contributed by atoms with Gasteiger partial charge in [-0.1, -0.05) is 19.3 Å². The summed E-state index contributed by atoms with van der Waals surface area (Å²) in [5, 5.41) is 1.08. The maximum Gasteiger partial charge on any atom is 0.00785 e. The summed E-state index contributed by atoms with van der Waals surface area (Å²) in [6, 6.07) is 0. The molecule has 3 aliphatic carbocycles. The minimum atomic E-state index is 1.08. The van der Waals surface area contributed by atoms with Crippen molar-refractivity contribution >= 4 is 11.8 Å². The van der Waals surface area contributed by atoms with E-state index in [9.17, 15) is 0 Å². The predicted molar refractivity (Wildman–Crippen MR) is 75.2 cm³/mol. The Morgan fingerprint density at radius 1 is 0.647 bits per heavy atom. The molecule has 6 atom stereocenters. The lowest BCUT2D eigenvalue weighted by Gasteiger charge is -2.50. The van der Waals surface area contributed by atoms with Crippen LogP contribution < -0.4 is 0 Å². The second kappa shape index (κ2) is 4.47. The summed E-state index contributed by atoms with van der Waals surface area (Å²) in [7, 11) is 0. The lowest BCUT2D eigenvalue weighted by molar-refractivity contribution is 0.0157. The highest BCUT2D eigenvalue weighted by molar-refractivity contribution is 8.00. The van der Waals surface area contributed by atoms with Gasteiger partial charge in [-0.2, -0.15) is 11.8 Å². The molecule has 0 aromatic rings. The van der Waals surface area contributed by atoms with Gasteiger partial charge in [0, 0.05) is 5.25 Å². The van der Waals surface area contributed by atoms with Gasteiger partial charge in [-0.05, 0) is 73.9 Å². The molecule has 0 radical (unpaired) electrons. The van der Waals surface area contributed by atoms with Crippen LogP contribution in [-0.2, 0) is 0 Å². The summed E-state index contributed by atoms with van der Waals surface area (Å²) in [6.45, 7) is 0. The van der Waals surface area contributed by atoms with Crippen LogP contribution in [0, 0.1) is 29.6 Å². The van der Waals surface area contributed by atoms with Crippen molar-refractivity contribution in [2.24, 2.45) is 29.6 Å². The molecule has 1 aliphatic heterocycles. The number of hydrogen-bond acceptors (Lipinski definition) is 1. The average Bonchev–Trinajstić information content (AvgIpc) is 2.83. The van der Waals surface area contributed by atoms with Gasteiger partial charge in [-0.3, -0.25) is 0 Å². The molecule has 0 bridgehead atoms. The summed E-state index contributed by atoms with van der Waals surface area (Å²) in [5.41, 5.74) is 0. The van der Waals surface area contributed by atoms with Gasteiger partial charge >= 0.3 is 0 Å². The molecule has 96 valence electrons. The van der Waals surface area contributed by atoms with Gasteiger partial charge in [-0.25, -0.2) is 0 Å². The first kappa shape index (κ1) is 11.2. The lowest BCUT2D eigenvalue weighted by atomic mass is 9.56. The Bertz CT molecular complexity index is 287. The quantitative estimate of drug-likeness (QED) is 0.598. The fraction of sp³-hybridized carbons (Fsp3) is 1.00. The molecule has 0 amide bonds. The van der Waals surface area contributed by atoms with Crippen molar-refractivity contribution in [1.82, 2.24) is 0 Å². The largest absolute Gasteiger partial charge is 0.158 e. The zero-order valence-corrected chi connectivity index (χ0v) is 11.8. The normalized spacial score (nSPS) is 53.6. The number of fused-ring (bicyclic) bond motifs is 4. The first-order chi connectivity index (χ1) is 8.42. The Morgan fingerprint density at radius 3 is 2.53 bits per heavy atom. The van der Waals surface area contributed by atoms with Crippen molar-refractivity contribution in [3.63, 3.8) is 0 Å². The van der Waals surface area contributed by atoms with Gasteiger partial charge < -0.3 is 0 Å². The van der Waals surface area contributed by atoms with Gasteiger partial charge in [0.25, 0.3) is 0 Å². The van der Waals surface area contributed by atoms with Crippen LogP contribution in [0.2, 0.25) is 0 Å². The summed E-state index contributed by atoms with van der Waals surface area (Å²) < 4.78 is 0. The summed E-state index contributed by atoms with van der Waals surface area (Å²) >= 11 is 2.32. The molecule has 3 saturated carbocycles. The fourth-order valence-corrected chi connectivity index (χ4v) is 7.31. The maximum atomic E-state index is 2.32. The van der Waals surface area contributed by atoms with Crippen molar-refractivity contribution in [3.05, 3.63) is 0 Å². The Hall–Kier alpha value is 0.350. The van der Waals surface area contributed by atoms with Crippen molar-refractivity contribution < 1.29 is 0 Å². The van der Waals surface area contributed by atoms with E-state index in [1.807, 2.05) is 0 Å². The Labute approximate surface area is 110 Å². The van der Waals surface area contributed by atoms with Crippen LogP contribution in [-0.4, -0.2) is 11.0 Å². The third kappa shape index (κ3) is 1.88. The highest BCUT2D eigenvalue weighted by Crippen LogP contribution is 2.56. The van der Waals surface area contributed by atoms with Crippen LogP contribution in [0.25, 0.3) is 0 Å². The zero-order chi connectivity index (χ0) is 11.2. The Balaban J connectivity index is 1.54. The van der Waals surface area contributed by atoms with Gasteiger partial charge in [0.15, 0.2) is 0 Å². The molecule has 17 heavy (non-hydrogen) atoms. The number of thioether (sulfide) groups is 1. The SMILES string of the molecule is C1CCC2C(C1)CCC1CC3CCSC3CC12. The van der Waals surface area contributed by atoms with E-state index in [0.29, 0.717) is 0 Å². The van der Waals surface area contributed by atoms with Crippen molar-refractivity contribution in [2.45, 2.75) is 63.0 Å². The van der Waals surface area contributed by atoms with Crippen LogP contribution in [0.15, 0.2) is 0 Å². The first-order valence-corrected chi connectivity index (χ1v) is 9.08. The molecule has 1 heterocycles. The van der Waals surface area contributed by atoms with E-state index >= 15 is 0 Å². The number of hydrogen-bond donors (Lipinski definition) is 0. The van der Waals surface area contributed by atoms with Crippen LogP contribution in [0.5, 0.6) is 0 Å². The van der Waals surface area contributed by atoms with E-state index in [0.717, 1.165) is 34.8 Å². The lowest BCUT2D eigenvalue weighted by Crippen LogP contribution is -2.42. The smallest absolute Gasteiger partial charge is 0.00785 e. The van der Waals surface area contributed by atoms with Crippen molar-refractivity contribution in [1.29, 1.82) is 0 Å². The monoisotopic (exact) mass is 250 g/mol. The van der Waals surface area contributed by atoms with Gasteiger partial charge in [0.1, 0.15) is 0 Å². The molecule has 0 nitrogen and oxygen atoms in total. The summed E-state index contributed by atoms with van der Waals surface area (Å²) in [5.74, 6) is 7.21. The second-order valence-electron chi connectivity index (χ2n) is 7.14. The average molecular weight is 250 g/mol. The molecular formula is C16H26S. The predicted octanol–water partition coefficient (Wildman–Crippen LogP) is 4.73. The molecule has 0 aromatic heterocycles. The highest BCUT2D eigenvalue weighted by atomic mass is 32.2. The van der Waals surface area contributed by atoms with Crippen molar-refractivity contribution in [2.75, 3.05) is 5.75 Å². The Morgan fingerprint density at radius 2 is 1.53 bits per heavy atom. The summed E-state index contributed by atoms with van der Waals surface area (Å²) in [4.78, 5) is 0. The van der Waals surface area contributed by atoms with Gasteiger partial charge in [0.05, 0.1) is 0 Å². The Kier molecular flexibility index (Phi) is 2.95. The third-order valence-corrected chi connectivity index (χ3v) is 7.96. The van der Waals surface area contributed by atoms with E-state index in [4.69, 9.17) is 0 Å². The highest BCUT2D eigenvalue weighted by Gasteiger charge is 2.47. The minimum Gasteiger partial charge on any atom is -0.158 e. The number of rotatable bonds is 0. The molecule has 4 rings (SSSR count). The van der Waals surface area contributed by atoms with E-state index in [1.54, 1.807) is 57.8 Å². The second-order valence-corrected chi connectivity index (χ2v) is 8.49. The van der Waals surface area contributed by atoms with Gasteiger partial charge in [-0.15, -0.1) is 0 Å². The molecule has 1 heteroatoms. The fourth-order valence-electron chi connectivity index (χ4n) is 5.69. The van der Waals surface area contributed by atoms with E-state index in [-0.39, 0.29) is 0 Å². The first-order valence-electron chi connectivity index (χ1n) is 8.03. The minimum absolute atomic E-state index is 1.08. The molecule has 4 fully saturated rings. The molecule has 0 aromatic carbocycles. The van der Waals surface area contributed by atoms with Crippen molar-refractivity contribution in [3.8, 4) is 0 Å². The van der Waals surface area contributed by atoms with E-state index in [1.165, 1.54) is 5.75 Å². The maximum absolute atomic E-state index is 2.32. The standard InChI is InChI=1S/C16H26S/c1-2-4-14-11(3-1)5-6-12-9-13-7-8-17-16(13)10-15(12)14/h11-16H,1-10H2. The summed E-state index contributed by atoms with van der Waals surface area (Å²) in [6.07, 6.45) is 14.2. The molecular weight excluding hydrogens is 224 g/mol. The van der Waals surface area contributed by atoms with Gasteiger partial charge in [0.2, 0.25) is 0 Å². The van der Waals surface area contributed by atoms with Crippen LogP contribution in [0.1, 0.15) is 57.8 Å². The van der Waals surface area contributed by atoms with Crippen LogP contribution in [0.4, 0.5) is 0 Å². The molecule has 6 unspecified atom stereocenters. The molecule has 0 N–H and O–H groups in total. The zero-order valence-electron chi connectivity index (χ0n) is 10.9.